The highest BCUT2D eigenvalue weighted by atomic mass is 16.5. The summed E-state index contributed by atoms with van der Waals surface area (Å²) >= 11 is 0. The van der Waals surface area contributed by atoms with Crippen LogP contribution in [-0.2, 0) is 4.74 Å². The standard InChI is InChI=1S/C12H23NO3/c14-8-10-9-16-7-6-13(10)11-4-2-1-3-5-12(11)15/h10-12,14-15H,1-9H2. The molecule has 2 rings (SSSR count). The second-order valence-corrected chi connectivity index (χ2v) is 4.92. The summed E-state index contributed by atoms with van der Waals surface area (Å²) in [5, 5.41) is 19.5. The van der Waals surface area contributed by atoms with Gasteiger partial charge in [-0.15, -0.1) is 0 Å². The Morgan fingerprint density at radius 2 is 2.00 bits per heavy atom. The van der Waals surface area contributed by atoms with Crippen LogP contribution in [0, 0.1) is 0 Å². The molecule has 1 aliphatic heterocycles. The topological polar surface area (TPSA) is 52.9 Å². The van der Waals surface area contributed by atoms with Gasteiger partial charge in [-0.25, -0.2) is 0 Å². The highest BCUT2D eigenvalue weighted by molar-refractivity contribution is 4.87. The minimum Gasteiger partial charge on any atom is -0.395 e. The monoisotopic (exact) mass is 229 g/mol. The van der Waals surface area contributed by atoms with Crippen molar-refractivity contribution in [3.05, 3.63) is 0 Å². The number of nitrogens with zero attached hydrogens (tertiary/aromatic N) is 1. The van der Waals surface area contributed by atoms with Crippen LogP contribution in [0.2, 0.25) is 0 Å². The van der Waals surface area contributed by atoms with Crippen LogP contribution in [0.25, 0.3) is 0 Å². The lowest BCUT2D eigenvalue weighted by atomic mass is 10.0. The van der Waals surface area contributed by atoms with E-state index >= 15 is 0 Å². The third-order valence-corrected chi connectivity index (χ3v) is 3.85. The Morgan fingerprint density at radius 1 is 1.19 bits per heavy atom. The van der Waals surface area contributed by atoms with E-state index < -0.39 is 0 Å². The second kappa shape index (κ2) is 5.96. The minimum absolute atomic E-state index is 0.0755. The van der Waals surface area contributed by atoms with E-state index in [2.05, 4.69) is 4.90 Å². The number of ether oxygens (including phenoxy) is 1. The molecule has 3 atom stereocenters. The van der Waals surface area contributed by atoms with Gasteiger partial charge in [-0.2, -0.15) is 0 Å². The largest absolute Gasteiger partial charge is 0.395 e. The first kappa shape index (κ1) is 12.3. The summed E-state index contributed by atoms with van der Waals surface area (Å²) in [5.74, 6) is 0. The van der Waals surface area contributed by atoms with E-state index in [-0.39, 0.29) is 24.8 Å². The van der Waals surface area contributed by atoms with Crippen molar-refractivity contribution in [2.75, 3.05) is 26.4 Å². The summed E-state index contributed by atoms with van der Waals surface area (Å²) in [6.45, 7) is 2.29. The van der Waals surface area contributed by atoms with Crippen LogP contribution in [0.1, 0.15) is 32.1 Å². The lowest BCUT2D eigenvalue weighted by Crippen LogP contribution is -2.55. The van der Waals surface area contributed by atoms with E-state index in [9.17, 15) is 10.2 Å². The highest BCUT2D eigenvalue weighted by Crippen LogP contribution is 2.25. The average Bonchev–Trinajstić information content (AvgIpc) is 2.54. The van der Waals surface area contributed by atoms with Crippen molar-refractivity contribution < 1.29 is 14.9 Å². The van der Waals surface area contributed by atoms with Crippen molar-refractivity contribution in [1.82, 2.24) is 4.90 Å². The second-order valence-electron chi connectivity index (χ2n) is 4.92. The Hall–Kier alpha value is -0.160. The molecule has 0 radical (unpaired) electrons. The van der Waals surface area contributed by atoms with Gasteiger partial charge in [-0.1, -0.05) is 19.3 Å². The maximum atomic E-state index is 10.2. The van der Waals surface area contributed by atoms with Crippen molar-refractivity contribution in [2.24, 2.45) is 0 Å². The molecule has 2 aliphatic rings. The molecule has 1 saturated carbocycles. The van der Waals surface area contributed by atoms with Crippen molar-refractivity contribution in [2.45, 2.75) is 50.3 Å². The number of rotatable bonds is 2. The third kappa shape index (κ3) is 2.74. The van der Waals surface area contributed by atoms with Gasteiger partial charge in [0.1, 0.15) is 0 Å². The van der Waals surface area contributed by atoms with Gasteiger partial charge in [-0.05, 0) is 12.8 Å². The Labute approximate surface area is 97.2 Å². The zero-order chi connectivity index (χ0) is 11.4. The maximum Gasteiger partial charge on any atom is 0.0695 e. The van der Waals surface area contributed by atoms with Crippen molar-refractivity contribution in [1.29, 1.82) is 0 Å². The normalized spacial score (nSPS) is 38.2. The van der Waals surface area contributed by atoms with Crippen molar-refractivity contribution in [3.8, 4) is 0 Å². The van der Waals surface area contributed by atoms with E-state index in [1.165, 1.54) is 12.8 Å². The van der Waals surface area contributed by atoms with Crippen molar-refractivity contribution in [3.63, 3.8) is 0 Å². The van der Waals surface area contributed by atoms with E-state index in [0.29, 0.717) is 6.61 Å². The molecule has 4 nitrogen and oxygen atoms in total. The molecule has 1 saturated heterocycles. The molecule has 2 N–H and O–H groups in total. The molecule has 1 aliphatic carbocycles. The Bertz CT molecular complexity index is 212. The molecule has 0 bridgehead atoms. The van der Waals surface area contributed by atoms with Gasteiger partial charge in [-0.3, -0.25) is 4.90 Å². The van der Waals surface area contributed by atoms with Crippen LogP contribution in [0.5, 0.6) is 0 Å². The summed E-state index contributed by atoms with van der Waals surface area (Å²) in [6.07, 6.45) is 5.28. The molecule has 94 valence electrons. The molecule has 0 spiro atoms. The van der Waals surface area contributed by atoms with Gasteiger partial charge in [0.2, 0.25) is 0 Å². The number of hydrogen-bond acceptors (Lipinski definition) is 4. The summed E-state index contributed by atoms with van der Waals surface area (Å²) < 4.78 is 5.38. The Balaban J connectivity index is 2.01. The molecule has 4 heteroatoms. The smallest absolute Gasteiger partial charge is 0.0695 e. The fourth-order valence-corrected chi connectivity index (χ4v) is 2.92. The zero-order valence-electron chi connectivity index (χ0n) is 9.85. The Kier molecular flexibility index (Phi) is 4.58. The zero-order valence-corrected chi connectivity index (χ0v) is 9.85. The van der Waals surface area contributed by atoms with Crippen molar-refractivity contribution >= 4 is 0 Å². The van der Waals surface area contributed by atoms with Crippen LogP contribution < -0.4 is 0 Å². The van der Waals surface area contributed by atoms with E-state index in [4.69, 9.17) is 4.74 Å². The molecule has 0 aromatic rings. The maximum absolute atomic E-state index is 10.2. The molecule has 2 fully saturated rings. The van der Waals surface area contributed by atoms with Crippen LogP contribution >= 0.6 is 0 Å². The number of aliphatic hydroxyl groups is 2. The first-order chi connectivity index (χ1) is 7.83. The average molecular weight is 229 g/mol. The third-order valence-electron chi connectivity index (χ3n) is 3.85. The minimum atomic E-state index is -0.227. The summed E-state index contributed by atoms with van der Waals surface area (Å²) in [5.41, 5.74) is 0. The number of aliphatic hydroxyl groups excluding tert-OH is 2. The van der Waals surface area contributed by atoms with Gasteiger partial charge in [0, 0.05) is 12.6 Å². The van der Waals surface area contributed by atoms with Gasteiger partial charge in [0.15, 0.2) is 0 Å². The van der Waals surface area contributed by atoms with Crippen LogP contribution in [0.15, 0.2) is 0 Å². The summed E-state index contributed by atoms with van der Waals surface area (Å²) in [6, 6.07) is 0.301. The predicted molar refractivity (Wildman–Crippen MR) is 61.3 cm³/mol. The number of morpholine rings is 1. The quantitative estimate of drug-likeness (QED) is 0.672. The molecule has 1 heterocycles. The molecule has 3 unspecified atom stereocenters. The van der Waals surface area contributed by atoms with Gasteiger partial charge >= 0.3 is 0 Å². The molecule has 0 aromatic heterocycles. The predicted octanol–water partition coefficient (Wildman–Crippen LogP) is 0.373. The molecule has 0 aromatic carbocycles. The number of hydrogen-bond donors (Lipinski definition) is 2. The first-order valence-corrected chi connectivity index (χ1v) is 6.45. The van der Waals surface area contributed by atoms with E-state index in [1.807, 2.05) is 0 Å². The molecule has 0 amide bonds. The lowest BCUT2D eigenvalue weighted by molar-refractivity contribution is -0.0744. The summed E-state index contributed by atoms with van der Waals surface area (Å²) in [7, 11) is 0. The molecular weight excluding hydrogens is 206 g/mol. The van der Waals surface area contributed by atoms with Crippen LogP contribution in [0.4, 0.5) is 0 Å². The summed E-state index contributed by atoms with van der Waals surface area (Å²) in [4.78, 5) is 2.26. The van der Waals surface area contributed by atoms with Gasteiger partial charge in [0.05, 0.1) is 32.0 Å². The van der Waals surface area contributed by atoms with Gasteiger partial charge < -0.3 is 14.9 Å². The van der Waals surface area contributed by atoms with E-state index in [1.54, 1.807) is 0 Å². The van der Waals surface area contributed by atoms with Crippen LogP contribution in [0.3, 0.4) is 0 Å². The first-order valence-electron chi connectivity index (χ1n) is 6.45. The fourth-order valence-electron chi connectivity index (χ4n) is 2.92. The van der Waals surface area contributed by atoms with Crippen LogP contribution in [-0.4, -0.2) is 59.7 Å². The SMILES string of the molecule is OCC1COCCN1C1CCCCCC1O. The fraction of sp³-hybridized carbons (Fsp3) is 1.00. The lowest BCUT2D eigenvalue weighted by Gasteiger charge is -2.41. The van der Waals surface area contributed by atoms with E-state index in [0.717, 1.165) is 32.4 Å². The Morgan fingerprint density at radius 3 is 2.81 bits per heavy atom. The van der Waals surface area contributed by atoms with Gasteiger partial charge in [0.25, 0.3) is 0 Å². The highest BCUT2D eigenvalue weighted by Gasteiger charge is 2.33. The molecule has 16 heavy (non-hydrogen) atoms. The molecular formula is C12H23NO3.